The third-order valence-corrected chi connectivity index (χ3v) is 6.60. The number of rotatable bonds is 9. The fourth-order valence-corrected chi connectivity index (χ4v) is 4.32. The van der Waals surface area contributed by atoms with Gasteiger partial charge in [-0.1, -0.05) is 26.0 Å². The van der Waals surface area contributed by atoms with Crippen LogP contribution in [0.2, 0.25) is 0 Å². The fraction of sp³-hybridized carbons (Fsp3) is 0.300. The van der Waals surface area contributed by atoms with Gasteiger partial charge in [0.05, 0.1) is 22.5 Å². The molecule has 31 heavy (non-hydrogen) atoms. The van der Waals surface area contributed by atoms with E-state index in [1.54, 1.807) is 26.0 Å². The first-order chi connectivity index (χ1) is 14.6. The molecular weight excluding hydrogens is 426 g/mol. The number of nitrogens with zero attached hydrogens (tertiary/aromatic N) is 2. The highest BCUT2D eigenvalue weighted by Crippen LogP contribution is 2.19. The molecule has 10 nitrogen and oxygen atoms in total. The maximum atomic E-state index is 12.5. The Kier molecular flexibility index (Phi) is 7.83. The molecule has 2 aromatic rings. The minimum Gasteiger partial charge on any atom is -0.465 e. The Hall–Kier alpha value is -3.31. The molecule has 0 bridgehead atoms. The molecule has 166 valence electrons. The number of esters is 1. The summed E-state index contributed by atoms with van der Waals surface area (Å²) in [6.07, 6.45) is 0. The summed E-state index contributed by atoms with van der Waals surface area (Å²) in [5.41, 5.74) is 0.0209. The lowest BCUT2D eigenvalue weighted by molar-refractivity contribution is -0.384. The number of nitro benzene ring substituents is 1. The van der Waals surface area contributed by atoms with Crippen LogP contribution in [0.1, 0.15) is 40.1 Å². The summed E-state index contributed by atoms with van der Waals surface area (Å²) in [6.45, 7) is 4.27. The summed E-state index contributed by atoms with van der Waals surface area (Å²) in [5, 5.41) is 13.7. The topological polar surface area (TPSA) is 136 Å². The maximum absolute atomic E-state index is 12.5. The molecule has 0 aliphatic heterocycles. The van der Waals surface area contributed by atoms with Crippen molar-refractivity contribution in [2.24, 2.45) is 0 Å². The average Bonchev–Trinajstić information content (AvgIpc) is 2.77. The van der Waals surface area contributed by atoms with Crippen molar-refractivity contribution >= 4 is 27.6 Å². The van der Waals surface area contributed by atoms with E-state index in [2.05, 4.69) is 10.1 Å². The van der Waals surface area contributed by atoms with E-state index in [1.165, 1.54) is 22.5 Å². The predicted molar refractivity (Wildman–Crippen MR) is 112 cm³/mol. The predicted octanol–water partition coefficient (Wildman–Crippen LogP) is 2.34. The number of hydrogen-bond donors (Lipinski definition) is 1. The molecule has 0 atom stereocenters. The van der Waals surface area contributed by atoms with Crippen molar-refractivity contribution in [3.05, 3.63) is 69.3 Å². The number of ether oxygens (including phenoxy) is 1. The lowest BCUT2D eigenvalue weighted by Gasteiger charge is -2.18. The van der Waals surface area contributed by atoms with E-state index >= 15 is 0 Å². The lowest BCUT2D eigenvalue weighted by atomic mass is 10.1. The Bertz CT molecular complexity index is 1080. The number of nitro groups is 1. The van der Waals surface area contributed by atoms with Gasteiger partial charge in [-0.2, -0.15) is 4.31 Å². The quantitative estimate of drug-likeness (QED) is 0.352. The first-order valence-corrected chi connectivity index (χ1v) is 10.8. The van der Waals surface area contributed by atoms with Crippen molar-refractivity contribution in [2.45, 2.75) is 25.3 Å². The zero-order valence-corrected chi connectivity index (χ0v) is 18.1. The molecule has 1 amide bonds. The average molecular weight is 449 g/mol. The Morgan fingerprint density at radius 2 is 1.65 bits per heavy atom. The van der Waals surface area contributed by atoms with Crippen LogP contribution in [0.4, 0.5) is 5.69 Å². The molecular formula is C20H23N3O7S. The third-order valence-electron chi connectivity index (χ3n) is 4.53. The number of sulfonamides is 1. The van der Waals surface area contributed by atoms with Crippen molar-refractivity contribution in [3.8, 4) is 0 Å². The minimum absolute atomic E-state index is 0.0562. The second-order valence-corrected chi connectivity index (χ2v) is 8.37. The number of carbonyl (C=O) groups is 2. The van der Waals surface area contributed by atoms with Gasteiger partial charge in [-0.25, -0.2) is 13.2 Å². The lowest BCUT2D eigenvalue weighted by Crippen LogP contribution is -2.30. The minimum atomic E-state index is -3.58. The van der Waals surface area contributed by atoms with Gasteiger partial charge in [-0.05, 0) is 23.8 Å². The third kappa shape index (κ3) is 5.64. The molecule has 11 heteroatoms. The highest BCUT2D eigenvalue weighted by atomic mass is 32.2. The molecule has 0 aliphatic carbocycles. The molecule has 0 aromatic heterocycles. The van der Waals surface area contributed by atoms with E-state index < -0.39 is 32.5 Å². The second-order valence-electron chi connectivity index (χ2n) is 6.43. The molecule has 2 aromatic carbocycles. The van der Waals surface area contributed by atoms with E-state index in [1.807, 2.05) is 0 Å². The molecule has 0 aliphatic rings. The smallest absolute Gasteiger partial charge is 0.338 e. The van der Waals surface area contributed by atoms with Crippen LogP contribution in [-0.4, -0.2) is 49.7 Å². The molecule has 0 spiro atoms. The number of amides is 1. The van der Waals surface area contributed by atoms with Gasteiger partial charge < -0.3 is 10.1 Å². The maximum Gasteiger partial charge on any atom is 0.338 e. The van der Waals surface area contributed by atoms with Crippen LogP contribution in [0.15, 0.2) is 47.4 Å². The van der Waals surface area contributed by atoms with Crippen LogP contribution in [0, 0.1) is 10.1 Å². The Labute approximate surface area is 180 Å². The van der Waals surface area contributed by atoms with Gasteiger partial charge in [0.15, 0.2) is 0 Å². The van der Waals surface area contributed by atoms with Crippen molar-refractivity contribution in [1.82, 2.24) is 9.62 Å². The van der Waals surface area contributed by atoms with Crippen LogP contribution in [0.5, 0.6) is 0 Å². The molecule has 0 radical (unpaired) electrons. The Morgan fingerprint density at radius 1 is 1.06 bits per heavy atom. The van der Waals surface area contributed by atoms with Crippen molar-refractivity contribution in [1.29, 1.82) is 0 Å². The van der Waals surface area contributed by atoms with Crippen LogP contribution in [0.3, 0.4) is 0 Å². The molecule has 0 fully saturated rings. The van der Waals surface area contributed by atoms with Crippen LogP contribution in [0.25, 0.3) is 0 Å². The zero-order valence-electron chi connectivity index (χ0n) is 17.3. The summed E-state index contributed by atoms with van der Waals surface area (Å²) in [6, 6.07) is 9.34. The summed E-state index contributed by atoms with van der Waals surface area (Å²) < 4.78 is 30.9. The molecule has 2 rings (SSSR count). The van der Waals surface area contributed by atoms with Crippen molar-refractivity contribution in [2.75, 3.05) is 20.2 Å². The number of nitrogens with one attached hydrogen (secondary N) is 1. The Morgan fingerprint density at radius 3 is 2.16 bits per heavy atom. The van der Waals surface area contributed by atoms with Gasteiger partial charge in [0, 0.05) is 37.3 Å². The highest BCUT2D eigenvalue weighted by molar-refractivity contribution is 7.89. The Balaban J connectivity index is 2.17. The molecule has 1 N–H and O–H groups in total. The first-order valence-electron chi connectivity index (χ1n) is 9.39. The fourth-order valence-electron chi connectivity index (χ4n) is 2.86. The SMILES string of the molecule is CCN(CC)S(=O)(=O)c1ccc(CNC(=O)c2cc(C(=O)OC)cc([N+](=O)[O-])c2)cc1. The number of carbonyl (C=O) groups excluding carboxylic acids is 2. The molecule has 0 unspecified atom stereocenters. The van der Waals surface area contributed by atoms with Crippen LogP contribution in [-0.2, 0) is 21.3 Å². The van der Waals surface area contributed by atoms with Gasteiger partial charge >= 0.3 is 5.97 Å². The van der Waals surface area contributed by atoms with Gasteiger partial charge in [-0.3, -0.25) is 14.9 Å². The highest BCUT2D eigenvalue weighted by Gasteiger charge is 2.21. The second kappa shape index (κ2) is 10.1. The molecule has 0 heterocycles. The van der Waals surface area contributed by atoms with E-state index in [0.717, 1.165) is 19.2 Å². The summed E-state index contributed by atoms with van der Waals surface area (Å²) in [7, 11) is -2.45. The van der Waals surface area contributed by atoms with E-state index in [-0.39, 0.29) is 22.6 Å². The van der Waals surface area contributed by atoms with Gasteiger partial charge in [-0.15, -0.1) is 0 Å². The number of methoxy groups -OCH3 is 1. The number of benzene rings is 2. The van der Waals surface area contributed by atoms with Crippen molar-refractivity contribution in [3.63, 3.8) is 0 Å². The van der Waals surface area contributed by atoms with Gasteiger partial charge in [0.2, 0.25) is 10.0 Å². The first kappa shape index (κ1) is 24.0. The molecule has 0 saturated carbocycles. The summed E-state index contributed by atoms with van der Waals surface area (Å²) >= 11 is 0. The summed E-state index contributed by atoms with van der Waals surface area (Å²) in [5.74, 6) is -1.43. The van der Waals surface area contributed by atoms with Gasteiger partial charge in [0.25, 0.3) is 11.6 Å². The molecule has 0 saturated heterocycles. The van der Waals surface area contributed by atoms with E-state index in [0.29, 0.717) is 18.7 Å². The van der Waals surface area contributed by atoms with Crippen molar-refractivity contribution < 1.29 is 27.7 Å². The zero-order chi connectivity index (χ0) is 23.2. The largest absolute Gasteiger partial charge is 0.465 e. The summed E-state index contributed by atoms with van der Waals surface area (Å²) in [4.78, 5) is 34.7. The van der Waals surface area contributed by atoms with Crippen LogP contribution < -0.4 is 5.32 Å². The van der Waals surface area contributed by atoms with E-state index in [4.69, 9.17) is 0 Å². The monoisotopic (exact) mass is 449 g/mol. The van der Waals surface area contributed by atoms with E-state index in [9.17, 15) is 28.1 Å². The standard InChI is InChI=1S/C20H23N3O7S/c1-4-22(5-2)31(28,29)18-8-6-14(7-9-18)13-21-19(24)15-10-16(20(25)30-3)12-17(11-15)23(26)27/h6-12H,4-5,13H2,1-3H3,(H,21,24). The number of non-ortho nitro benzene ring substituents is 1. The number of hydrogen-bond acceptors (Lipinski definition) is 7. The normalized spacial score (nSPS) is 11.2. The van der Waals surface area contributed by atoms with Crippen LogP contribution >= 0.6 is 0 Å². The van der Waals surface area contributed by atoms with Gasteiger partial charge in [0.1, 0.15) is 0 Å².